The Morgan fingerprint density at radius 1 is 1.30 bits per heavy atom. The van der Waals surface area contributed by atoms with Crippen molar-refractivity contribution in [2.75, 3.05) is 32.5 Å². The van der Waals surface area contributed by atoms with Crippen molar-refractivity contribution in [2.24, 2.45) is 4.99 Å². The van der Waals surface area contributed by atoms with E-state index in [-0.39, 0.29) is 4.75 Å². The van der Waals surface area contributed by atoms with Crippen LogP contribution >= 0.6 is 11.8 Å². The second-order valence-electron chi connectivity index (χ2n) is 6.38. The Kier molecular flexibility index (Phi) is 6.78. The molecular formula is C18H29N3OS. The molecule has 1 saturated heterocycles. The van der Waals surface area contributed by atoms with Crippen LogP contribution in [0, 0.1) is 0 Å². The van der Waals surface area contributed by atoms with E-state index in [1.165, 1.54) is 11.1 Å². The van der Waals surface area contributed by atoms with Crippen LogP contribution in [0.4, 0.5) is 0 Å². The highest BCUT2D eigenvalue weighted by atomic mass is 32.2. The third-order valence-electron chi connectivity index (χ3n) is 3.88. The van der Waals surface area contributed by atoms with E-state index in [1.807, 2.05) is 25.7 Å². The molecule has 5 heteroatoms. The lowest BCUT2D eigenvalue weighted by atomic mass is 10.1. The van der Waals surface area contributed by atoms with Crippen molar-refractivity contribution in [2.45, 2.75) is 38.7 Å². The average Bonchev–Trinajstić information content (AvgIpc) is 2.54. The van der Waals surface area contributed by atoms with Crippen LogP contribution in [0.25, 0.3) is 0 Å². The quantitative estimate of drug-likeness (QED) is 0.663. The zero-order chi connectivity index (χ0) is 16.7. The minimum Gasteiger partial charge on any atom is -0.377 e. The fourth-order valence-corrected chi connectivity index (χ4v) is 3.80. The summed E-state index contributed by atoms with van der Waals surface area (Å²) in [6.45, 7) is 10.9. The average molecular weight is 336 g/mol. The predicted octanol–water partition coefficient (Wildman–Crippen LogP) is 3.13. The summed E-state index contributed by atoms with van der Waals surface area (Å²) in [5.74, 6) is 2.15. The SMILES string of the molecule is CCOCc1ccc(CNC(=NC)N2CCSC(C)(C)C2)cc1. The molecule has 4 nitrogen and oxygen atoms in total. The fourth-order valence-electron chi connectivity index (χ4n) is 2.68. The van der Waals surface area contributed by atoms with Gasteiger partial charge in [0.05, 0.1) is 6.61 Å². The van der Waals surface area contributed by atoms with E-state index in [0.717, 1.165) is 38.0 Å². The van der Waals surface area contributed by atoms with Crippen molar-refractivity contribution in [3.63, 3.8) is 0 Å². The maximum atomic E-state index is 5.43. The van der Waals surface area contributed by atoms with E-state index < -0.39 is 0 Å². The molecule has 0 unspecified atom stereocenters. The first-order chi connectivity index (χ1) is 11.0. The number of nitrogens with zero attached hydrogens (tertiary/aromatic N) is 2. The van der Waals surface area contributed by atoms with Gasteiger partial charge in [0.1, 0.15) is 0 Å². The molecule has 0 spiro atoms. The summed E-state index contributed by atoms with van der Waals surface area (Å²) in [6.07, 6.45) is 0. The monoisotopic (exact) mass is 335 g/mol. The number of hydrogen-bond acceptors (Lipinski definition) is 3. The molecule has 2 rings (SSSR count). The highest BCUT2D eigenvalue weighted by molar-refractivity contribution is 8.00. The topological polar surface area (TPSA) is 36.9 Å². The van der Waals surface area contributed by atoms with Crippen molar-refractivity contribution >= 4 is 17.7 Å². The summed E-state index contributed by atoms with van der Waals surface area (Å²) >= 11 is 2.04. The Morgan fingerprint density at radius 3 is 2.61 bits per heavy atom. The maximum Gasteiger partial charge on any atom is 0.193 e. The molecule has 1 heterocycles. The third-order valence-corrected chi connectivity index (χ3v) is 5.18. The predicted molar refractivity (Wildman–Crippen MR) is 100 cm³/mol. The summed E-state index contributed by atoms with van der Waals surface area (Å²) in [4.78, 5) is 6.81. The number of hydrogen-bond donors (Lipinski definition) is 1. The lowest BCUT2D eigenvalue weighted by Gasteiger charge is -2.39. The van der Waals surface area contributed by atoms with Gasteiger partial charge in [0.15, 0.2) is 5.96 Å². The lowest BCUT2D eigenvalue weighted by molar-refractivity contribution is 0.134. The van der Waals surface area contributed by atoms with Crippen LogP contribution in [0.5, 0.6) is 0 Å². The second-order valence-corrected chi connectivity index (χ2v) is 8.19. The number of ether oxygens (including phenoxy) is 1. The molecule has 0 radical (unpaired) electrons. The molecule has 0 aromatic heterocycles. The van der Waals surface area contributed by atoms with Gasteiger partial charge in [0.2, 0.25) is 0 Å². The van der Waals surface area contributed by atoms with Crippen molar-refractivity contribution < 1.29 is 4.74 Å². The van der Waals surface area contributed by atoms with Gasteiger partial charge in [0.25, 0.3) is 0 Å². The van der Waals surface area contributed by atoms with Gasteiger partial charge in [-0.1, -0.05) is 24.3 Å². The smallest absolute Gasteiger partial charge is 0.193 e. The molecule has 0 atom stereocenters. The van der Waals surface area contributed by atoms with Gasteiger partial charge in [-0.05, 0) is 31.9 Å². The van der Waals surface area contributed by atoms with E-state index >= 15 is 0 Å². The molecule has 1 N–H and O–H groups in total. The Labute approximate surface area is 144 Å². The maximum absolute atomic E-state index is 5.43. The van der Waals surface area contributed by atoms with E-state index in [1.54, 1.807) is 0 Å². The van der Waals surface area contributed by atoms with Gasteiger partial charge in [-0.15, -0.1) is 0 Å². The largest absolute Gasteiger partial charge is 0.377 e. The van der Waals surface area contributed by atoms with E-state index in [4.69, 9.17) is 4.74 Å². The van der Waals surface area contributed by atoms with E-state index in [2.05, 4.69) is 53.3 Å². The first-order valence-corrected chi connectivity index (χ1v) is 9.28. The number of thioether (sulfide) groups is 1. The standard InChI is InChI=1S/C18H29N3OS/c1-5-22-13-16-8-6-15(7-9-16)12-20-17(19-4)21-10-11-23-18(2,3)14-21/h6-9H,5,10-14H2,1-4H3,(H,19,20). The van der Waals surface area contributed by atoms with Crippen LogP contribution in [-0.4, -0.2) is 48.1 Å². The van der Waals surface area contributed by atoms with Crippen molar-refractivity contribution in [3.05, 3.63) is 35.4 Å². The summed E-state index contributed by atoms with van der Waals surface area (Å²) in [5.41, 5.74) is 2.48. The highest BCUT2D eigenvalue weighted by Gasteiger charge is 2.28. The molecule has 1 aliphatic rings. The Balaban J connectivity index is 1.88. The van der Waals surface area contributed by atoms with Gasteiger partial charge < -0.3 is 15.0 Å². The Bertz CT molecular complexity index is 514. The van der Waals surface area contributed by atoms with Crippen LogP contribution in [0.3, 0.4) is 0 Å². The normalized spacial score (nSPS) is 18.1. The zero-order valence-corrected chi connectivity index (χ0v) is 15.6. The Morgan fingerprint density at radius 2 is 2.00 bits per heavy atom. The molecular weight excluding hydrogens is 306 g/mol. The molecule has 1 aromatic rings. The number of aliphatic imine (C=N–C) groups is 1. The summed E-state index contributed by atoms with van der Waals surface area (Å²) < 4.78 is 5.72. The Hall–Kier alpha value is -1.20. The molecule has 1 fully saturated rings. The zero-order valence-electron chi connectivity index (χ0n) is 14.8. The van der Waals surface area contributed by atoms with Crippen molar-refractivity contribution in [3.8, 4) is 0 Å². The second kappa shape index (κ2) is 8.60. The number of benzene rings is 1. The fraction of sp³-hybridized carbons (Fsp3) is 0.611. The van der Waals surface area contributed by atoms with Gasteiger partial charge >= 0.3 is 0 Å². The molecule has 0 amide bonds. The molecule has 0 aliphatic carbocycles. The van der Waals surface area contributed by atoms with Crippen LogP contribution in [0.2, 0.25) is 0 Å². The van der Waals surface area contributed by atoms with Crippen LogP contribution in [0.15, 0.2) is 29.3 Å². The molecule has 23 heavy (non-hydrogen) atoms. The number of rotatable bonds is 5. The van der Waals surface area contributed by atoms with Crippen LogP contribution in [0.1, 0.15) is 31.9 Å². The van der Waals surface area contributed by atoms with Crippen molar-refractivity contribution in [1.29, 1.82) is 0 Å². The van der Waals surface area contributed by atoms with E-state index in [0.29, 0.717) is 6.61 Å². The van der Waals surface area contributed by atoms with Crippen LogP contribution in [-0.2, 0) is 17.9 Å². The first kappa shape index (κ1) is 18.1. The summed E-state index contributed by atoms with van der Waals surface area (Å²) in [5, 5.41) is 3.49. The van der Waals surface area contributed by atoms with Gasteiger partial charge in [-0.2, -0.15) is 11.8 Å². The minimum atomic E-state index is 0.288. The van der Waals surface area contributed by atoms with Gasteiger partial charge in [-0.3, -0.25) is 4.99 Å². The number of nitrogens with one attached hydrogen (secondary N) is 1. The first-order valence-electron chi connectivity index (χ1n) is 8.29. The molecule has 128 valence electrons. The van der Waals surface area contributed by atoms with Gasteiger partial charge in [-0.25, -0.2) is 0 Å². The number of guanidine groups is 1. The van der Waals surface area contributed by atoms with Gasteiger partial charge in [0, 0.05) is 43.8 Å². The highest BCUT2D eigenvalue weighted by Crippen LogP contribution is 2.29. The minimum absolute atomic E-state index is 0.288. The lowest BCUT2D eigenvalue weighted by Crippen LogP contribution is -2.50. The molecule has 1 aliphatic heterocycles. The van der Waals surface area contributed by atoms with Crippen molar-refractivity contribution in [1.82, 2.24) is 10.2 Å². The summed E-state index contributed by atoms with van der Waals surface area (Å²) in [7, 11) is 1.86. The third kappa shape index (κ3) is 5.74. The van der Waals surface area contributed by atoms with Crippen LogP contribution < -0.4 is 5.32 Å². The van der Waals surface area contributed by atoms with E-state index in [9.17, 15) is 0 Å². The molecule has 1 aromatic carbocycles. The molecule has 0 bridgehead atoms. The molecule has 0 saturated carbocycles. The summed E-state index contributed by atoms with van der Waals surface area (Å²) in [6, 6.07) is 8.58.